The van der Waals surface area contributed by atoms with Gasteiger partial charge in [-0.15, -0.1) is 0 Å². The molecule has 0 aromatic rings. The van der Waals surface area contributed by atoms with Crippen LogP contribution in [0.1, 0.15) is 74.7 Å². The molecule has 7 heteroatoms. The molecule has 0 N–H and O–H groups in total. The third kappa shape index (κ3) is 9.93. The second-order valence-electron chi connectivity index (χ2n) is 11.9. The molecule has 0 saturated carbocycles. The van der Waals surface area contributed by atoms with Crippen LogP contribution in [0.2, 0.25) is 0 Å². The van der Waals surface area contributed by atoms with Gasteiger partial charge in [0.15, 0.2) is 5.78 Å². The van der Waals surface area contributed by atoms with Crippen molar-refractivity contribution in [1.82, 2.24) is 9.80 Å². The number of likely N-dealkylation sites (tertiary alicyclic amines) is 1. The SMILES string of the molecule is C=C(C(=O)C(C)CC)C(=NC1=CC(C)CC=C(N2CCC(N(C)C(=O)OC(C)(C)C)C2)C=C1)C(C)=CC(C)Br. The van der Waals surface area contributed by atoms with Gasteiger partial charge < -0.3 is 14.5 Å². The van der Waals surface area contributed by atoms with Crippen LogP contribution in [0.15, 0.2) is 64.5 Å². The number of alkyl halides is 1. The van der Waals surface area contributed by atoms with E-state index in [0.29, 0.717) is 11.3 Å². The van der Waals surface area contributed by atoms with Gasteiger partial charge in [-0.25, -0.2) is 9.79 Å². The highest BCUT2D eigenvalue weighted by Gasteiger charge is 2.31. The molecule has 4 unspecified atom stereocenters. The molecular weight excluding hydrogens is 554 g/mol. The average molecular weight is 603 g/mol. The first kappa shape index (κ1) is 32.8. The third-order valence-electron chi connectivity index (χ3n) is 7.07. The average Bonchev–Trinajstić information content (AvgIpc) is 3.32. The van der Waals surface area contributed by atoms with E-state index in [-0.39, 0.29) is 34.6 Å². The predicted molar refractivity (Wildman–Crippen MR) is 166 cm³/mol. The monoisotopic (exact) mass is 601 g/mol. The van der Waals surface area contributed by atoms with Crippen molar-refractivity contribution < 1.29 is 14.3 Å². The Kier molecular flexibility index (Phi) is 12.0. The molecule has 1 aliphatic heterocycles. The Morgan fingerprint density at radius 2 is 1.97 bits per heavy atom. The lowest BCUT2D eigenvalue weighted by molar-refractivity contribution is -0.118. The number of amides is 1. The summed E-state index contributed by atoms with van der Waals surface area (Å²) in [6.07, 6.45) is 12.8. The number of hydrogen-bond acceptors (Lipinski definition) is 5. The molecule has 6 nitrogen and oxygen atoms in total. The maximum absolute atomic E-state index is 13.1. The zero-order valence-corrected chi connectivity index (χ0v) is 27.0. The van der Waals surface area contributed by atoms with Crippen LogP contribution in [-0.4, -0.2) is 64.0 Å². The molecule has 0 spiro atoms. The molecule has 1 saturated heterocycles. The van der Waals surface area contributed by atoms with Crippen LogP contribution in [0.4, 0.5) is 4.79 Å². The number of carbonyl (C=O) groups is 2. The topological polar surface area (TPSA) is 62.2 Å². The first-order valence-corrected chi connectivity index (χ1v) is 15.0. The molecule has 0 aromatic carbocycles. The number of carbonyl (C=O) groups excluding carboxylic acids is 2. The molecule has 2 aliphatic rings. The van der Waals surface area contributed by atoms with Crippen LogP contribution in [0.3, 0.4) is 0 Å². The molecule has 2 rings (SSSR count). The number of likely N-dealkylation sites (N-methyl/N-ethyl adjacent to an activating group) is 1. The Bertz CT molecular complexity index is 1070. The molecule has 1 fully saturated rings. The first-order valence-electron chi connectivity index (χ1n) is 14.1. The van der Waals surface area contributed by atoms with Crippen LogP contribution in [-0.2, 0) is 9.53 Å². The lowest BCUT2D eigenvalue weighted by Crippen LogP contribution is -2.42. The third-order valence-corrected chi connectivity index (χ3v) is 7.34. The highest BCUT2D eigenvalue weighted by atomic mass is 79.9. The van der Waals surface area contributed by atoms with Gasteiger partial charge in [0.2, 0.25) is 0 Å². The van der Waals surface area contributed by atoms with Crippen LogP contribution < -0.4 is 0 Å². The standard InChI is InChI=1S/C32H48BrN3O3/c1-11-22(3)30(37)25(6)29(23(4)19-24(5)33)34-26-13-15-27(14-12-21(2)18-26)36-17-16-28(20-36)35(10)31(38)39-32(7,8)9/h13-15,18-19,21-22,24,28H,6,11-12,16-17,20H2,1-5,7-10H3. The molecule has 1 amide bonds. The minimum atomic E-state index is -0.517. The van der Waals surface area contributed by atoms with Gasteiger partial charge in [0.25, 0.3) is 0 Å². The Hall–Kier alpha value is -2.41. The van der Waals surface area contributed by atoms with Crippen molar-refractivity contribution in [2.45, 2.75) is 91.1 Å². The van der Waals surface area contributed by atoms with E-state index in [4.69, 9.17) is 9.73 Å². The van der Waals surface area contributed by atoms with Gasteiger partial charge in [-0.2, -0.15) is 0 Å². The number of ether oxygens (including phenoxy) is 1. The molecule has 0 aromatic heterocycles. The van der Waals surface area contributed by atoms with Crippen molar-refractivity contribution in [3.8, 4) is 0 Å². The lowest BCUT2D eigenvalue weighted by atomic mass is 9.92. The van der Waals surface area contributed by atoms with Crippen molar-refractivity contribution in [3.63, 3.8) is 0 Å². The summed E-state index contributed by atoms with van der Waals surface area (Å²) in [6.45, 7) is 21.6. The van der Waals surface area contributed by atoms with Gasteiger partial charge in [-0.3, -0.25) is 4.79 Å². The quantitative estimate of drug-likeness (QED) is 0.155. The molecule has 4 atom stereocenters. The predicted octanol–water partition coefficient (Wildman–Crippen LogP) is 7.63. The fourth-order valence-corrected chi connectivity index (χ4v) is 4.99. The molecule has 0 bridgehead atoms. The van der Waals surface area contributed by atoms with E-state index in [2.05, 4.69) is 58.6 Å². The highest BCUT2D eigenvalue weighted by Crippen LogP contribution is 2.26. The van der Waals surface area contributed by atoms with E-state index in [9.17, 15) is 9.59 Å². The zero-order valence-electron chi connectivity index (χ0n) is 25.4. The normalized spacial score (nSPS) is 22.4. The maximum Gasteiger partial charge on any atom is 0.410 e. The van der Waals surface area contributed by atoms with Crippen molar-refractivity contribution in [2.24, 2.45) is 16.8 Å². The van der Waals surface area contributed by atoms with E-state index in [1.807, 2.05) is 61.6 Å². The molecule has 216 valence electrons. The molecule has 1 heterocycles. The number of nitrogens with zero attached hydrogens (tertiary/aromatic N) is 3. The fraction of sp³-hybridized carbons (Fsp3) is 0.594. The van der Waals surface area contributed by atoms with E-state index >= 15 is 0 Å². The molecule has 0 radical (unpaired) electrons. The summed E-state index contributed by atoms with van der Waals surface area (Å²) in [7, 11) is 1.82. The summed E-state index contributed by atoms with van der Waals surface area (Å²) < 4.78 is 5.57. The summed E-state index contributed by atoms with van der Waals surface area (Å²) in [5, 5.41) is 0. The number of rotatable bonds is 9. The minimum absolute atomic E-state index is 0.0347. The summed E-state index contributed by atoms with van der Waals surface area (Å²) in [6, 6.07) is 0.0885. The number of Topliss-reactive ketones (excluding diaryl/α,β-unsaturated/α-hetero) is 1. The van der Waals surface area contributed by atoms with E-state index in [0.717, 1.165) is 49.3 Å². The lowest BCUT2D eigenvalue weighted by Gasteiger charge is -2.29. The van der Waals surface area contributed by atoms with Crippen molar-refractivity contribution in [3.05, 3.63) is 59.5 Å². The maximum atomic E-state index is 13.1. The molecule has 39 heavy (non-hydrogen) atoms. The second-order valence-corrected chi connectivity index (χ2v) is 13.3. The Morgan fingerprint density at radius 3 is 2.56 bits per heavy atom. The number of allylic oxidation sites excluding steroid dienone is 7. The van der Waals surface area contributed by atoms with Crippen LogP contribution in [0.5, 0.6) is 0 Å². The van der Waals surface area contributed by atoms with E-state index < -0.39 is 5.60 Å². The van der Waals surface area contributed by atoms with Crippen LogP contribution in [0.25, 0.3) is 0 Å². The van der Waals surface area contributed by atoms with Crippen molar-refractivity contribution in [1.29, 1.82) is 0 Å². The summed E-state index contributed by atoms with van der Waals surface area (Å²) in [4.78, 5) is 34.9. The van der Waals surface area contributed by atoms with Gasteiger partial charge in [-0.05, 0) is 77.5 Å². The molecular formula is C32H48BrN3O3. The van der Waals surface area contributed by atoms with E-state index in [1.54, 1.807) is 4.90 Å². The van der Waals surface area contributed by atoms with Crippen LogP contribution in [0, 0.1) is 11.8 Å². The Labute approximate surface area is 244 Å². The highest BCUT2D eigenvalue weighted by molar-refractivity contribution is 9.09. The summed E-state index contributed by atoms with van der Waals surface area (Å²) in [5.41, 5.74) is 3.45. The number of ketones is 1. The van der Waals surface area contributed by atoms with E-state index in [1.165, 1.54) is 0 Å². The number of hydrogen-bond donors (Lipinski definition) is 0. The van der Waals surface area contributed by atoms with Crippen molar-refractivity contribution in [2.75, 3.05) is 20.1 Å². The Balaban J connectivity index is 2.31. The summed E-state index contributed by atoms with van der Waals surface area (Å²) >= 11 is 3.59. The minimum Gasteiger partial charge on any atom is -0.444 e. The zero-order chi connectivity index (χ0) is 29.5. The fourth-order valence-electron chi connectivity index (χ4n) is 4.59. The number of halogens is 1. The smallest absolute Gasteiger partial charge is 0.410 e. The number of aliphatic imine (C=N–C) groups is 1. The first-order chi connectivity index (χ1) is 18.1. The van der Waals surface area contributed by atoms with Gasteiger partial charge in [-0.1, -0.05) is 61.5 Å². The largest absolute Gasteiger partial charge is 0.444 e. The van der Waals surface area contributed by atoms with Gasteiger partial charge >= 0.3 is 6.09 Å². The summed E-state index contributed by atoms with van der Waals surface area (Å²) in [5.74, 6) is 0.201. The van der Waals surface area contributed by atoms with Gasteiger partial charge in [0.05, 0.1) is 17.5 Å². The van der Waals surface area contributed by atoms with Gasteiger partial charge in [0, 0.05) is 42.2 Å². The van der Waals surface area contributed by atoms with Crippen molar-refractivity contribution >= 4 is 33.5 Å². The molecule has 1 aliphatic carbocycles. The Morgan fingerprint density at radius 1 is 1.31 bits per heavy atom. The second kappa shape index (κ2) is 14.3. The van der Waals surface area contributed by atoms with Crippen LogP contribution >= 0.6 is 15.9 Å². The van der Waals surface area contributed by atoms with Gasteiger partial charge in [0.1, 0.15) is 5.60 Å².